The summed E-state index contributed by atoms with van der Waals surface area (Å²) in [4.78, 5) is 2.42. The first-order valence-electron chi connectivity index (χ1n) is 7.69. The number of halogens is 1. The number of hydrogen-bond acceptors (Lipinski definition) is 3. The third-order valence-corrected chi connectivity index (χ3v) is 4.69. The van der Waals surface area contributed by atoms with Gasteiger partial charge in [-0.1, -0.05) is 29.8 Å². The maximum atomic E-state index is 6.00. The van der Waals surface area contributed by atoms with Gasteiger partial charge in [-0.05, 0) is 43.2 Å². The van der Waals surface area contributed by atoms with Gasteiger partial charge >= 0.3 is 0 Å². The maximum absolute atomic E-state index is 6.00. The molecule has 1 fully saturated rings. The van der Waals surface area contributed by atoms with Crippen molar-refractivity contribution in [3.05, 3.63) is 46.5 Å². The summed E-state index contributed by atoms with van der Waals surface area (Å²) in [5.74, 6) is 0. The highest BCUT2D eigenvalue weighted by Crippen LogP contribution is 2.31. The SMILES string of the molecule is CN1CCC(NCC2=CCCOC2)C1c1ccc(Cl)cc1. The number of hydrogen-bond donors (Lipinski definition) is 1. The van der Waals surface area contributed by atoms with Gasteiger partial charge in [0, 0.05) is 30.2 Å². The fraction of sp³-hybridized carbons (Fsp3) is 0.529. The van der Waals surface area contributed by atoms with Crippen LogP contribution in [-0.2, 0) is 4.74 Å². The van der Waals surface area contributed by atoms with E-state index in [0.29, 0.717) is 12.1 Å². The molecule has 0 aliphatic carbocycles. The molecule has 3 nitrogen and oxygen atoms in total. The van der Waals surface area contributed by atoms with Crippen molar-refractivity contribution in [3.63, 3.8) is 0 Å². The quantitative estimate of drug-likeness (QED) is 0.866. The normalized spacial score (nSPS) is 26.9. The monoisotopic (exact) mass is 306 g/mol. The average Bonchev–Trinajstić information content (AvgIpc) is 2.88. The molecule has 2 aliphatic heterocycles. The Bertz CT molecular complexity index is 500. The Balaban J connectivity index is 1.66. The number of likely N-dealkylation sites (tertiary alicyclic amines) is 1. The topological polar surface area (TPSA) is 24.5 Å². The van der Waals surface area contributed by atoms with Crippen LogP contribution < -0.4 is 5.32 Å². The first kappa shape index (κ1) is 15.0. The summed E-state index contributed by atoms with van der Waals surface area (Å²) in [7, 11) is 2.20. The second kappa shape index (κ2) is 6.93. The van der Waals surface area contributed by atoms with E-state index in [1.54, 1.807) is 0 Å². The third kappa shape index (κ3) is 3.67. The van der Waals surface area contributed by atoms with Gasteiger partial charge in [-0.25, -0.2) is 0 Å². The Kier molecular flexibility index (Phi) is 4.96. The van der Waals surface area contributed by atoms with Gasteiger partial charge < -0.3 is 10.1 Å². The van der Waals surface area contributed by atoms with E-state index in [0.717, 1.165) is 37.7 Å². The minimum absolute atomic E-state index is 0.423. The van der Waals surface area contributed by atoms with Crippen molar-refractivity contribution in [1.82, 2.24) is 10.2 Å². The molecule has 0 radical (unpaired) electrons. The van der Waals surface area contributed by atoms with Crippen molar-refractivity contribution in [2.75, 3.05) is 33.4 Å². The van der Waals surface area contributed by atoms with Crippen LogP contribution in [0.3, 0.4) is 0 Å². The molecule has 0 bridgehead atoms. The van der Waals surface area contributed by atoms with Crippen molar-refractivity contribution in [1.29, 1.82) is 0 Å². The number of nitrogens with one attached hydrogen (secondary N) is 1. The van der Waals surface area contributed by atoms with Crippen molar-refractivity contribution in [3.8, 4) is 0 Å². The molecular weight excluding hydrogens is 284 g/mol. The van der Waals surface area contributed by atoms with Crippen LogP contribution in [0.15, 0.2) is 35.9 Å². The number of likely N-dealkylation sites (N-methyl/N-ethyl adjacent to an activating group) is 1. The Hall–Kier alpha value is -0.870. The van der Waals surface area contributed by atoms with Gasteiger partial charge in [0.2, 0.25) is 0 Å². The predicted molar refractivity (Wildman–Crippen MR) is 86.7 cm³/mol. The van der Waals surface area contributed by atoms with Crippen LogP contribution in [0.1, 0.15) is 24.4 Å². The van der Waals surface area contributed by atoms with Crippen LogP contribution in [0.25, 0.3) is 0 Å². The van der Waals surface area contributed by atoms with E-state index in [1.807, 2.05) is 12.1 Å². The van der Waals surface area contributed by atoms with E-state index in [1.165, 1.54) is 17.6 Å². The average molecular weight is 307 g/mol. The lowest BCUT2D eigenvalue weighted by Crippen LogP contribution is -2.36. The molecule has 114 valence electrons. The first-order chi connectivity index (χ1) is 10.2. The largest absolute Gasteiger partial charge is 0.377 e. The Morgan fingerprint density at radius 3 is 2.86 bits per heavy atom. The van der Waals surface area contributed by atoms with Gasteiger partial charge in [-0.3, -0.25) is 4.90 Å². The van der Waals surface area contributed by atoms with Gasteiger partial charge in [0.25, 0.3) is 0 Å². The first-order valence-corrected chi connectivity index (χ1v) is 8.06. The van der Waals surface area contributed by atoms with Crippen molar-refractivity contribution < 1.29 is 4.74 Å². The lowest BCUT2D eigenvalue weighted by atomic mass is 10.00. The minimum atomic E-state index is 0.423. The lowest BCUT2D eigenvalue weighted by Gasteiger charge is -2.27. The molecule has 3 rings (SSSR count). The van der Waals surface area contributed by atoms with E-state index in [9.17, 15) is 0 Å². The van der Waals surface area contributed by atoms with Crippen molar-refractivity contribution in [2.24, 2.45) is 0 Å². The summed E-state index contributed by atoms with van der Waals surface area (Å²) >= 11 is 6.00. The summed E-state index contributed by atoms with van der Waals surface area (Å²) in [6, 6.07) is 9.17. The van der Waals surface area contributed by atoms with Crippen molar-refractivity contribution >= 4 is 11.6 Å². The van der Waals surface area contributed by atoms with E-state index < -0.39 is 0 Å². The summed E-state index contributed by atoms with van der Waals surface area (Å²) in [6.45, 7) is 3.70. The van der Waals surface area contributed by atoms with Crippen LogP contribution >= 0.6 is 11.6 Å². The maximum Gasteiger partial charge on any atom is 0.0689 e. The van der Waals surface area contributed by atoms with Gasteiger partial charge in [-0.15, -0.1) is 0 Å². The molecule has 1 saturated heterocycles. The summed E-state index contributed by atoms with van der Waals surface area (Å²) in [6.07, 6.45) is 4.53. The highest BCUT2D eigenvalue weighted by atomic mass is 35.5. The molecule has 1 aromatic carbocycles. The zero-order valence-corrected chi connectivity index (χ0v) is 13.3. The number of benzene rings is 1. The van der Waals surface area contributed by atoms with Crippen molar-refractivity contribution in [2.45, 2.75) is 24.9 Å². The molecular formula is C17H23ClN2O. The van der Waals surface area contributed by atoms with E-state index in [4.69, 9.17) is 16.3 Å². The van der Waals surface area contributed by atoms with E-state index in [2.05, 4.69) is 35.5 Å². The van der Waals surface area contributed by atoms with E-state index in [-0.39, 0.29) is 0 Å². The molecule has 0 amide bonds. The van der Waals surface area contributed by atoms with E-state index >= 15 is 0 Å². The predicted octanol–water partition coefficient (Wildman–Crippen LogP) is 3.02. The molecule has 0 aromatic heterocycles. The Labute approximate surface area is 131 Å². The molecule has 0 saturated carbocycles. The second-order valence-corrected chi connectivity index (χ2v) is 6.39. The zero-order chi connectivity index (χ0) is 14.7. The third-order valence-electron chi connectivity index (χ3n) is 4.43. The zero-order valence-electron chi connectivity index (χ0n) is 12.5. The van der Waals surface area contributed by atoms with Gasteiger partial charge in [0.15, 0.2) is 0 Å². The molecule has 4 heteroatoms. The molecule has 2 aliphatic rings. The lowest BCUT2D eigenvalue weighted by molar-refractivity contribution is 0.148. The standard InChI is InChI=1S/C17H23ClN2O/c1-20-9-8-16(19-11-13-3-2-10-21-12-13)17(20)14-4-6-15(18)7-5-14/h3-7,16-17,19H,2,8-12H2,1H3. The smallest absolute Gasteiger partial charge is 0.0689 e. The molecule has 2 atom stereocenters. The highest BCUT2D eigenvalue weighted by molar-refractivity contribution is 6.30. The minimum Gasteiger partial charge on any atom is -0.377 e. The van der Waals surface area contributed by atoms with Gasteiger partial charge in [-0.2, -0.15) is 0 Å². The fourth-order valence-electron chi connectivity index (χ4n) is 3.30. The van der Waals surface area contributed by atoms with Gasteiger partial charge in [0.1, 0.15) is 0 Å². The number of ether oxygens (including phenoxy) is 1. The summed E-state index contributed by atoms with van der Waals surface area (Å²) in [5, 5.41) is 4.52. The van der Waals surface area contributed by atoms with Crippen LogP contribution in [0.4, 0.5) is 0 Å². The Morgan fingerprint density at radius 2 is 2.14 bits per heavy atom. The highest BCUT2D eigenvalue weighted by Gasteiger charge is 2.32. The molecule has 1 N–H and O–H groups in total. The summed E-state index contributed by atoms with van der Waals surface area (Å²) < 4.78 is 5.51. The molecule has 2 heterocycles. The Morgan fingerprint density at radius 1 is 1.33 bits per heavy atom. The molecule has 2 unspecified atom stereocenters. The molecule has 0 spiro atoms. The molecule has 1 aromatic rings. The van der Waals surface area contributed by atoms with Crippen LogP contribution in [0.2, 0.25) is 5.02 Å². The summed E-state index contributed by atoms with van der Waals surface area (Å²) in [5.41, 5.74) is 2.72. The molecule has 21 heavy (non-hydrogen) atoms. The van der Waals surface area contributed by atoms with Crippen LogP contribution in [-0.4, -0.2) is 44.3 Å². The number of rotatable bonds is 4. The van der Waals surface area contributed by atoms with Crippen LogP contribution in [0, 0.1) is 0 Å². The second-order valence-electron chi connectivity index (χ2n) is 5.96. The number of nitrogens with zero attached hydrogens (tertiary/aromatic N) is 1. The fourth-order valence-corrected chi connectivity index (χ4v) is 3.43. The van der Waals surface area contributed by atoms with Crippen LogP contribution in [0.5, 0.6) is 0 Å². The van der Waals surface area contributed by atoms with Gasteiger partial charge in [0.05, 0.1) is 13.2 Å².